The van der Waals surface area contributed by atoms with E-state index in [0.29, 0.717) is 0 Å². The third-order valence-electron chi connectivity index (χ3n) is 3.68. The smallest absolute Gasteiger partial charge is 0.338 e. The zero-order valence-electron chi connectivity index (χ0n) is 15.4. The van der Waals surface area contributed by atoms with Crippen LogP contribution < -0.4 is 0 Å². The molecule has 0 aliphatic carbocycles. The lowest BCUT2D eigenvalue weighted by Crippen LogP contribution is -2.48. The minimum absolute atomic E-state index is 0.0224. The highest BCUT2D eigenvalue weighted by atomic mass is 16.6. The van der Waals surface area contributed by atoms with Crippen LogP contribution in [-0.2, 0) is 33.3 Å². The summed E-state index contributed by atoms with van der Waals surface area (Å²) in [6.07, 6.45) is -1.21. The number of hydrogen-bond donors (Lipinski definition) is 0. The maximum Gasteiger partial charge on any atom is 0.338 e. The second-order valence-electron chi connectivity index (χ2n) is 5.88. The minimum Gasteiger partial charge on any atom is -0.458 e. The predicted octanol–water partition coefficient (Wildman–Crippen LogP) is 1.10. The van der Waals surface area contributed by atoms with Gasteiger partial charge in [0.2, 0.25) is 0 Å². The predicted molar refractivity (Wildman–Crippen MR) is 93.5 cm³/mol. The number of cyclic esters (lactones) is 1. The molecule has 0 unspecified atom stereocenters. The Kier molecular flexibility index (Phi) is 7.01. The molecule has 0 amide bonds. The molecule has 0 spiro atoms. The van der Waals surface area contributed by atoms with Gasteiger partial charge in [0, 0.05) is 32.1 Å². The molecular weight excluding hydrogens is 390 g/mol. The number of carbonyl (C=O) groups is 4. The maximum atomic E-state index is 12.2. The normalized spacial score (nSPS) is 18.9. The van der Waals surface area contributed by atoms with Crippen molar-refractivity contribution in [3.05, 3.63) is 52.1 Å². The van der Waals surface area contributed by atoms with Gasteiger partial charge in [0.25, 0.3) is 5.69 Å². The highest BCUT2D eigenvalue weighted by Gasteiger charge is 2.39. The second-order valence-corrected chi connectivity index (χ2v) is 5.88. The topological polar surface area (TPSA) is 148 Å². The lowest BCUT2D eigenvalue weighted by Gasteiger charge is -2.32. The standard InChI is InChI=1S/C18H17NO10/c1-10(20)27-14-7-8-16(22)29-17(14)15(28-11(2)21)9-26-18(23)12-3-5-13(6-4-12)19(24)25/h3-8,14-15,17H,9H2,1-2H3/t14-,15-,17+/m1/s1. The molecule has 1 aromatic carbocycles. The Balaban J connectivity index is 2.12. The molecule has 0 bridgehead atoms. The summed E-state index contributed by atoms with van der Waals surface area (Å²) < 4.78 is 20.3. The fraction of sp³-hybridized carbons (Fsp3) is 0.333. The van der Waals surface area contributed by atoms with Crippen LogP contribution in [0.1, 0.15) is 24.2 Å². The first-order valence-electron chi connectivity index (χ1n) is 8.32. The molecule has 0 N–H and O–H groups in total. The van der Waals surface area contributed by atoms with Crippen LogP contribution in [0.5, 0.6) is 0 Å². The largest absolute Gasteiger partial charge is 0.458 e. The third kappa shape index (κ3) is 6.13. The van der Waals surface area contributed by atoms with Crippen molar-refractivity contribution in [2.75, 3.05) is 6.61 Å². The summed E-state index contributed by atoms with van der Waals surface area (Å²) in [5.41, 5.74) is -0.182. The first kappa shape index (κ1) is 21.5. The molecule has 2 rings (SSSR count). The van der Waals surface area contributed by atoms with Crippen molar-refractivity contribution in [1.82, 2.24) is 0 Å². The Morgan fingerprint density at radius 1 is 1.17 bits per heavy atom. The van der Waals surface area contributed by atoms with Crippen LogP contribution in [0.2, 0.25) is 0 Å². The number of ether oxygens (including phenoxy) is 4. The van der Waals surface area contributed by atoms with Crippen molar-refractivity contribution in [1.29, 1.82) is 0 Å². The molecule has 1 aromatic rings. The molecule has 3 atom stereocenters. The summed E-state index contributed by atoms with van der Waals surface area (Å²) in [6.45, 7) is 1.74. The van der Waals surface area contributed by atoms with Crippen molar-refractivity contribution >= 4 is 29.6 Å². The Morgan fingerprint density at radius 3 is 2.38 bits per heavy atom. The van der Waals surface area contributed by atoms with Crippen molar-refractivity contribution in [2.45, 2.75) is 32.2 Å². The number of non-ortho nitro benzene ring substituents is 1. The Labute approximate surface area is 164 Å². The van der Waals surface area contributed by atoms with E-state index in [1.165, 1.54) is 18.2 Å². The van der Waals surface area contributed by atoms with Crippen LogP contribution in [0.15, 0.2) is 36.4 Å². The molecule has 1 aliphatic heterocycles. The van der Waals surface area contributed by atoms with Gasteiger partial charge in [0.05, 0.1) is 10.5 Å². The van der Waals surface area contributed by atoms with Gasteiger partial charge in [0.15, 0.2) is 18.3 Å². The molecule has 0 fully saturated rings. The van der Waals surface area contributed by atoms with Gasteiger partial charge < -0.3 is 18.9 Å². The molecule has 0 saturated heterocycles. The van der Waals surface area contributed by atoms with Crippen LogP contribution >= 0.6 is 0 Å². The lowest BCUT2D eigenvalue weighted by atomic mass is 10.1. The quantitative estimate of drug-likeness (QED) is 0.278. The van der Waals surface area contributed by atoms with Gasteiger partial charge in [-0.25, -0.2) is 9.59 Å². The number of nitrogens with zero attached hydrogens (tertiary/aromatic N) is 1. The number of nitro groups is 1. The number of esters is 4. The van der Waals surface area contributed by atoms with Gasteiger partial charge >= 0.3 is 23.9 Å². The van der Waals surface area contributed by atoms with E-state index >= 15 is 0 Å². The zero-order valence-corrected chi connectivity index (χ0v) is 15.4. The Morgan fingerprint density at radius 2 is 1.83 bits per heavy atom. The van der Waals surface area contributed by atoms with Crippen LogP contribution in [-0.4, -0.2) is 53.7 Å². The highest BCUT2D eigenvalue weighted by Crippen LogP contribution is 2.20. The molecule has 154 valence electrons. The first-order valence-corrected chi connectivity index (χ1v) is 8.32. The van der Waals surface area contributed by atoms with E-state index in [4.69, 9.17) is 18.9 Å². The van der Waals surface area contributed by atoms with Crippen LogP contribution in [0.4, 0.5) is 5.69 Å². The SMILES string of the molecule is CC(=O)O[C@@H]1C=CC(=O)O[C@@H]1[C@@H](COC(=O)c1ccc([N+](=O)[O-])cc1)OC(C)=O. The van der Waals surface area contributed by atoms with Crippen LogP contribution in [0.25, 0.3) is 0 Å². The number of benzene rings is 1. The summed E-state index contributed by atoms with van der Waals surface area (Å²) in [4.78, 5) is 56.5. The summed E-state index contributed by atoms with van der Waals surface area (Å²) >= 11 is 0. The van der Waals surface area contributed by atoms with Gasteiger partial charge in [-0.3, -0.25) is 19.7 Å². The number of hydrogen-bond acceptors (Lipinski definition) is 10. The molecular formula is C18H17NO10. The van der Waals surface area contributed by atoms with E-state index < -0.39 is 53.7 Å². The monoisotopic (exact) mass is 407 g/mol. The summed E-state index contributed by atoms with van der Waals surface area (Å²) in [5.74, 6) is -3.00. The minimum atomic E-state index is -1.26. The van der Waals surface area contributed by atoms with E-state index in [9.17, 15) is 29.3 Å². The van der Waals surface area contributed by atoms with Crippen molar-refractivity contribution in [2.24, 2.45) is 0 Å². The fourth-order valence-electron chi connectivity index (χ4n) is 2.48. The zero-order chi connectivity index (χ0) is 21.6. The van der Waals surface area contributed by atoms with E-state index in [0.717, 1.165) is 32.1 Å². The highest BCUT2D eigenvalue weighted by molar-refractivity contribution is 5.89. The van der Waals surface area contributed by atoms with E-state index in [1.807, 2.05) is 0 Å². The average molecular weight is 407 g/mol. The molecule has 11 nitrogen and oxygen atoms in total. The molecule has 0 saturated carbocycles. The Hall–Kier alpha value is -3.76. The van der Waals surface area contributed by atoms with Gasteiger partial charge in [-0.1, -0.05) is 0 Å². The van der Waals surface area contributed by atoms with Crippen LogP contribution in [0, 0.1) is 10.1 Å². The lowest BCUT2D eigenvalue weighted by molar-refractivity contribution is -0.384. The van der Waals surface area contributed by atoms with Gasteiger partial charge in [-0.15, -0.1) is 0 Å². The van der Waals surface area contributed by atoms with E-state index in [-0.39, 0.29) is 11.3 Å². The van der Waals surface area contributed by atoms with E-state index in [2.05, 4.69) is 0 Å². The Bertz CT molecular complexity index is 845. The van der Waals surface area contributed by atoms with E-state index in [1.54, 1.807) is 0 Å². The maximum absolute atomic E-state index is 12.2. The number of rotatable bonds is 7. The number of carbonyl (C=O) groups excluding carboxylic acids is 4. The van der Waals surface area contributed by atoms with Crippen molar-refractivity contribution in [3.8, 4) is 0 Å². The molecule has 0 aromatic heterocycles. The molecule has 29 heavy (non-hydrogen) atoms. The summed E-state index contributed by atoms with van der Waals surface area (Å²) in [7, 11) is 0. The third-order valence-corrected chi connectivity index (χ3v) is 3.68. The van der Waals surface area contributed by atoms with Crippen molar-refractivity contribution < 1.29 is 43.0 Å². The average Bonchev–Trinajstić information content (AvgIpc) is 2.65. The second kappa shape index (κ2) is 9.44. The van der Waals surface area contributed by atoms with Crippen molar-refractivity contribution in [3.63, 3.8) is 0 Å². The molecule has 11 heteroatoms. The van der Waals surface area contributed by atoms with Gasteiger partial charge in [-0.05, 0) is 18.2 Å². The number of nitro benzene ring substituents is 1. The molecule has 0 radical (unpaired) electrons. The van der Waals surface area contributed by atoms with Crippen LogP contribution in [0.3, 0.4) is 0 Å². The summed E-state index contributed by atoms with van der Waals surface area (Å²) in [6, 6.07) is 4.66. The first-order chi connectivity index (χ1) is 13.7. The fourth-order valence-corrected chi connectivity index (χ4v) is 2.48. The van der Waals surface area contributed by atoms with Gasteiger partial charge in [-0.2, -0.15) is 0 Å². The molecule has 1 aliphatic rings. The summed E-state index contributed by atoms with van der Waals surface area (Å²) in [5, 5.41) is 10.7. The molecule has 1 heterocycles. The van der Waals surface area contributed by atoms with Gasteiger partial charge in [0.1, 0.15) is 6.61 Å².